The van der Waals surface area contributed by atoms with Gasteiger partial charge in [0.2, 0.25) is 0 Å². The topological polar surface area (TPSA) is 32.3 Å². The summed E-state index contributed by atoms with van der Waals surface area (Å²) in [4.78, 5) is 0. The molecule has 0 bridgehead atoms. The molecular weight excluding hydrogens is 198 g/mol. The summed E-state index contributed by atoms with van der Waals surface area (Å²) < 4.78 is 0. The van der Waals surface area contributed by atoms with Crippen molar-refractivity contribution in [2.24, 2.45) is 0 Å². The molecule has 0 heterocycles. The number of benzene rings is 1. The van der Waals surface area contributed by atoms with Gasteiger partial charge in [-0.05, 0) is 39.7 Å². The van der Waals surface area contributed by atoms with Crippen molar-refractivity contribution in [3.8, 4) is 0 Å². The summed E-state index contributed by atoms with van der Waals surface area (Å²) in [6.45, 7) is 7.83. The zero-order valence-corrected chi connectivity index (χ0v) is 10.7. The van der Waals surface area contributed by atoms with E-state index in [1.165, 1.54) is 5.56 Å². The molecule has 2 unspecified atom stereocenters. The maximum absolute atomic E-state index is 9.84. The van der Waals surface area contributed by atoms with Crippen molar-refractivity contribution in [3.63, 3.8) is 0 Å². The van der Waals surface area contributed by atoms with Gasteiger partial charge in [0.15, 0.2) is 0 Å². The van der Waals surface area contributed by atoms with Gasteiger partial charge in [-0.1, -0.05) is 30.3 Å². The molecule has 0 saturated heterocycles. The minimum Gasteiger partial charge on any atom is -0.389 e. The van der Waals surface area contributed by atoms with Crippen LogP contribution in [0.2, 0.25) is 0 Å². The van der Waals surface area contributed by atoms with E-state index in [-0.39, 0.29) is 6.04 Å². The van der Waals surface area contributed by atoms with E-state index in [0.29, 0.717) is 6.04 Å². The normalized spacial score (nSPS) is 15.8. The Balaban J connectivity index is 2.45. The average molecular weight is 221 g/mol. The molecule has 2 heteroatoms. The lowest BCUT2D eigenvalue weighted by atomic mass is 9.98. The number of aliphatic hydroxyl groups is 1. The maximum Gasteiger partial charge on any atom is 0.0741 e. The lowest BCUT2D eigenvalue weighted by Crippen LogP contribution is -2.48. The molecule has 0 saturated carbocycles. The van der Waals surface area contributed by atoms with Gasteiger partial charge in [-0.25, -0.2) is 0 Å². The van der Waals surface area contributed by atoms with Crippen molar-refractivity contribution in [2.45, 2.75) is 51.8 Å². The second-order valence-electron chi connectivity index (χ2n) is 5.13. The molecule has 16 heavy (non-hydrogen) atoms. The summed E-state index contributed by atoms with van der Waals surface area (Å²) in [5, 5.41) is 13.3. The highest BCUT2D eigenvalue weighted by molar-refractivity contribution is 5.15. The number of hydrogen-bond acceptors (Lipinski definition) is 2. The first-order chi connectivity index (χ1) is 7.39. The van der Waals surface area contributed by atoms with E-state index in [2.05, 4.69) is 36.5 Å². The van der Waals surface area contributed by atoms with Crippen LogP contribution < -0.4 is 5.32 Å². The molecule has 0 fully saturated rings. The van der Waals surface area contributed by atoms with Gasteiger partial charge in [-0.15, -0.1) is 0 Å². The predicted octanol–water partition coefficient (Wildman–Crippen LogP) is 2.37. The Hall–Kier alpha value is -0.860. The first-order valence-corrected chi connectivity index (χ1v) is 5.92. The molecule has 1 aromatic rings. The molecule has 2 atom stereocenters. The fraction of sp³-hybridized carbons (Fsp3) is 0.571. The van der Waals surface area contributed by atoms with Gasteiger partial charge in [0.1, 0.15) is 0 Å². The van der Waals surface area contributed by atoms with E-state index in [0.717, 1.165) is 6.42 Å². The third kappa shape index (κ3) is 4.33. The summed E-state index contributed by atoms with van der Waals surface area (Å²) in [5.41, 5.74) is 0.649. The van der Waals surface area contributed by atoms with Crippen molar-refractivity contribution < 1.29 is 5.11 Å². The van der Waals surface area contributed by atoms with E-state index < -0.39 is 5.60 Å². The Morgan fingerprint density at radius 2 is 1.75 bits per heavy atom. The van der Waals surface area contributed by atoms with Crippen LogP contribution in [0.1, 0.15) is 33.3 Å². The number of hydrogen-bond donors (Lipinski definition) is 2. The zero-order valence-electron chi connectivity index (χ0n) is 10.7. The highest BCUT2D eigenvalue weighted by Crippen LogP contribution is 2.10. The van der Waals surface area contributed by atoms with Crippen molar-refractivity contribution in [1.29, 1.82) is 0 Å². The van der Waals surface area contributed by atoms with Crippen LogP contribution in [-0.2, 0) is 6.42 Å². The molecule has 0 aliphatic rings. The molecule has 2 nitrogen and oxygen atoms in total. The maximum atomic E-state index is 9.84. The molecule has 0 aliphatic carbocycles. The Labute approximate surface area is 98.7 Å². The summed E-state index contributed by atoms with van der Waals surface area (Å²) in [5.74, 6) is 0. The summed E-state index contributed by atoms with van der Waals surface area (Å²) in [6, 6.07) is 10.9. The van der Waals surface area contributed by atoms with Crippen LogP contribution in [0.4, 0.5) is 0 Å². The zero-order chi connectivity index (χ0) is 12.2. The van der Waals surface area contributed by atoms with Crippen LogP contribution >= 0.6 is 0 Å². The molecule has 2 N–H and O–H groups in total. The first kappa shape index (κ1) is 13.2. The third-order valence-corrected chi connectivity index (χ3v) is 2.98. The van der Waals surface area contributed by atoms with Crippen molar-refractivity contribution in [3.05, 3.63) is 35.9 Å². The third-order valence-electron chi connectivity index (χ3n) is 2.98. The van der Waals surface area contributed by atoms with E-state index in [1.807, 2.05) is 26.8 Å². The molecule has 1 rings (SSSR count). The molecule has 0 amide bonds. The second-order valence-corrected chi connectivity index (χ2v) is 5.13. The van der Waals surface area contributed by atoms with Gasteiger partial charge < -0.3 is 10.4 Å². The SMILES string of the molecule is CC(Cc1ccccc1)NC(C)C(C)(C)O. The van der Waals surface area contributed by atoms with Crippen LogP contribution in [0, 0.1) is 0 Å². The van der Waals surface area contributed by atoms with Crippen LogP contribution in [0.25, 0.3) is 0 Å². The summed E-state index contributed by atoms with van der Waals surface area (Å²) in [6.07, 6.45) is 0.987. The smallest absolute Gasteiger partial charge is 0.0741 e. The molecule has 0 aromatic heterocycles. The Morgan fingerprint density at radius 1 is 1.19 bits per heavy atom. The highest BCUT2D eigenvalue weighted by atomic mass is 16.3. The molecule has 0 spiro atoms. The van der Waals surface area contributed by atoms with Crippen LogP contribution in [0.5, 0.6) is 0 Å². The van der Waals surface area contributed by atoms with Crippen LogP contribution in [0.15, 0.2) is 30.3 Å². The van der Waals surface area contributed by atoms with E-state index >= 15 is 0 Å². The van der Waals surface area contributed by atoms with Gasteiger partial charge in [0.25, 0.3) is 0 Å². The van der Waals surface area contributed by atoms with Gasteiger partial charge in [-0.2, -0.15) is 0 Å². The average Bonchev–Trinajstić information content (AvgIpc) is 2.17. The molecule has 0 radical (unpaired) electrons. The van der Waals surface area contributed by atoms with Crippen molar-refractivity contribution in [2.75, 3.05) is 0 Å². The Bertz CT molecular complexity index is 302. The Morgan fingerprint density at radius 3 is 2.25 bits per heavy atom. The van der Waals surface area contributed by atoms with Gasteiger partial charge in [0, 0.05) is 12.1 Å². The van der Waals surface area contributed by atoms with Crippen LogP contribution in [0.3, 0.4) is 0 Å². The number of nitrogens with one attached hydrogen (secondary N) is 1. The van der Waals surface area contributed by atoms with Gasteiger partial charge >= 0.3 is 0 Å². The second kappa shape index (κ2) is 5.46. The van der Waals surface area contributed by atoms with Crippen molar-refractivity contribution >= 4 is 0 Å². The number of rotatable bonds is 5. The van der Waals surface area contributed by atoms with Gasteiger partial charge in [0.05, 0.1) is 5.60 Å². The van der Waals surface area contributed by atoms with E-state index in [4.69, 9.17) is 0 Å². The largest absolute Gasteiger partial charge is 0.389 e. The lowest BCUT2D eigenvalue weighted by Gasteiger charge is -2.30. The molecule has 0 aliphatic heterocycles. The Kier molecular flexibility index (Phi) is 4.51. The van der Waals surface area contributed by atoms with E-state index in [9.17, 15) is 5.11 Å². The molecule has 1 aromatic carbocycles. The fourth-order valence-electron chi connectivity index (χ4n) is 1.66. The quantitative estimate of drug-likeness (QED) is 0.800. The lowest BCUT2D eigenvalue weighted by molar-refractivity contribution is 0.0406. The summed E-state index contributed by atoms with van der Waals surface area (Å²) in [7, 11) is 0. The highest BCUT2D eigenvalue weighted by Gasteiger charge is 2.23. The monoisotopic (exact) mass is 221 g/mol. The fourth-order valence-corrected chi connectivity index (χ4v) is 1.66. The van der Waals surface area contributed by atoms with Crippen molar-refractivity contribution in [1.82, 2.24) is 5.32 Å². The first-order valence-electron chi connectivity index (χ1n) is 5.92. The molecular formula is C14H23NO. The van der Waals surface area contributed by atoms with E-state index in [1.54, 1.807) is 0 Å². The standard InChI is InChI=1S/C14H23NO/c1-11(15-12(2)14(3,4)16)10-13-8-6-5-7-9-13/h5-9,11-12,15-16H,10H2,1-4H3. The van der Waals surface area contributed by atoms with Crippen LogP contribution in [-0.4, -0.2) is 22.8 Å². The predicted molar refractivity (Wildman–Crippen MR) is 68.5 cm³/mol. The molecule has 90 valence electrons. The minimum atomic E-state index is -0.676. The minimum absolute atomic E-state index is 0.0891. The van der Waals surface area contributed by atoms with Gasteiger partial charge in [-0.3, -0.25) is 0 Å². The summed E-state index contributed by atoms with van der Waals surface area (Å²) >= 11 is 0.